The van der Waals surface area contributed by atoms with Gasteiger partial charge in [-0.05, 0) is 31.9 Å². The van der Waals surface area contributed by atoms with Crippen molar-refractivity contribution < 1.29 is 9.53 Å². The zero-order chi connectivity index (χ0) is 22.5. The van der Waals surface area contributed by atoms with Gasteiger partial charge in [0.1, 0.15) is 5.69 Å². The number of amides is 1. The Hall–Kier alpha value is -2.63. The van der Waals surface area contributed by atoms with Crippen LogP contribution in [0.5, 0.6) is 0 Å². The van der Waals surface area contributed by atoms with Gasteiger partial charge in [-0.1, -0.05) is 41.3 Å². The van der Waals surface area contributed by atoms with Gasteiger partial charge >= 0.3 is 0 Å². The highest BCUT2D eigenvalue weighted by molar-refractivity contribution is 8.01. The van der Waals surface area contributed by atoms with E-state index >= 15 is 0 Å². The summed E-state index contributed by atoms with van der Waals surface area (Å²) in [6.45, 7) is 3.38. The van der Waals surface area contributed by atoms with Crippen LogP contribution in [0.25, 0.3) is 5.69 Å². The molecule has 1 aliphatic heterocycles. The van der Waals surface area contributed by atoms with Crippen LogP contribution >= 0.6 is 23.1 Å². The van der Waals surface area contributed by atoms with E-state index in [-0.39, 0.29) is 24.0 Å². The minimum Gasteiger partial charge on any atom is -0.376 e. The number of nitrogens with one attached hydrogen (secondary N) is 2. The number of hydrogen-bond acceptors (Lipinski definition) is 8. The molecule has 0 bridgehead atoms. The molecule has 32 heavy (non-hydrogen) atoms. The van der Waals surface area contributed by atoms with Crippen LogP contribution in [-0.2, 0) is 16.6 Å². The van der Waals surface area contributed by atoms with Gasteiger partial charge in [0.25, 0.3) is 5.56 Å². The lowest BCUT2D eigenvalue weighted by Gasteiger charge is -2.08. The third-order valence-corrected chi connectivity index (χ3v) is 7.30. The third kappa shape index (κ3) is 5.22. The normalized spacial score (nSPS) is 15.8. The largest absolute Gasteiger partial charge is 0.376 e. The maximum absolute atomic E-state index is 12.9. The van der Waals surface area contributed by atoms with E-state index < -0.39 is 0 Å². The first kappa shape index (κ1) is 22.6. The van der Waals surface area contributed by atoms with Crippen molar-refractivity contribution in [3.63, 3.8) is 0 Å². The molecule has 9 nitrogen and oxygen atoms in total. The summed E-state index contributed by atoms with van der Waals surface area (Å²) in [5.74, 6) is 0.343. The van der Waals surface area contributed by atoms with Crippen LogP contribution in [0.1, 0.15) is 25.0 Å². The smallest absolute Gasteiger partial charge is 0.295 e. The molecule has 4 rings (SSSR count). The van der Waals surface area contributed by atoms with Crippen LogP contribution in [-0.4, -0.2) is 50.5 Å². The highest BCUT2D eigenvalue weighted by atomic mass is 32.2. The first-order valence-corrected chi connectivity index (χ1v) is 12.3. The van der Waals surface area contributed by atoms with Gasteiger partial charge in [0.2, 0.25) is 11.0 Å². The Bertz CT molecular complexity index is 1120. The van der Waals surface area contributed by atoms with E-state index in [9.17, 15) is 9.59 Å². The van der Waals surface area contributed by atoms with E-state index in [1.165, 1.54) is 23.1 Å². The highest BCUT2D eigenvalue weighted by Gasteiger charge is 2.18. The molecule has 2 aromatic heterocycles. The summed E-state index contributed by atoms with van der Waals surface area (Å²) in [6, 6.07) is 9.35. The van der Waals surface area contributed by atoms with Crippen LogP contribution in [0.2, 0.25) is 0 Å². The minimum absolute atomic E-state index is 0.204. The SMILES string of the molecule is Cc1c(NC(=O)CCSc2nnc(NCC3CCCO3)s2)c(=O)n(-c2ccccc2)n1C. The lowest BCUT2D eigenvalue weighted by atomic mass is 10.2. The summed E-state index contributed by atoms with van der Waals surface area (Å²) in [5.41, 5.74) is 1.51. The summed E-state index contributed by atoms with van der Waals surface area (Å²) in [6.07, 6.45) is 2.68. The molecular formula is C21H26N6O3S2. The molecule has 0 radical (unpaired) electrons. The number of hydrogen-bond donors (Lipinski definition) is 2. The third-order valence-electron chi connectivity index (χ3n) is 5.28. The number of nitrogens with zero attached hydrogens (tertiary/aromatic N) is 4. The first-order chi connectivity index (χ1) is 15.5. The average Bonchev–Trinajstić information content (AvgIpc) is 3.52. The second-order valence-electron chi connectivity index (χ2n) is 7.47. The Labute approximate surface area is 194 Å². The maximum Gasteiger partial charge on any atom is 0.295 e. The fourth-order valence-electron chi connectivity index (χ4n) is 3.49. The molecule has 170 valence electrons. The summed E-state index contributed by atoms with van der Waals surface area (Å²) in [4.78, 5) is 25.4. The number of thioether (sulfide) groups is 1. The predicted molar refractivity (Wildman–Crippen MR) is 127 cm³/mol. The van der Waals surface area contributed by atoms with Crippen LogP contribution in [0, 0.1) is 6.92 Å². The maximum atomic E-state index is 12.9. The first-order valence-electron chi connectivity index (χ1n) is 10.5. The number of para-hydroxylation sites is 1. The fourth-order valence-corrected chi connectivity index (χ4v) is 5.26. The second-order valence-corrected chi connectivity index (χ2v) is 9.79. The number of ether oxygens (including phenoxy) is 1. The number of aromatic nitrogens is 4. The van der Waals surface area contributed by atoms with Gasteiger partial charge in [-0.25, -0.2) is 4.68 Å². The highest BCUT2D eigenvalue weighted by Crippen LogP contribution is 2.26. The van der Waals surface area contributed by atoms with Crippen molar-refractivity contribution in [3.8, 4) is 5.69 Å². The van der Waals surface area contributed by atoms with E-state index in [1.807, 2.05) is 37.3 Å². The monoisotopic (exact) mass is 474 g/mol. The van der Waals surface area contributed by atoms with Crippen molar-refractivity contribution in [1.82, 2.24) is 19.6 Å². The van der Waals surface area contributed by atoms with Crippen molar-refractivity contribution in [2.24, 2.45) is 7.05 Å². The van der Waals surface area contributed by atoms with Crippen molar-refractivity contribution in [2.45, 2.75) is 36.6 Å². The molecule has 1 saturated heterocycles. The summed E-state index contributed by atoms with van der Waals surface area (Å²) in [5, 5.41) is 15.1. The fraction of sp³-hybridized carbons (Fsp3) is 0.429. The Morgan fingerprint density at radius 3 is 2.88 bits per heavy atom. The molecule has 11 heteroatoms. The molecule has 3 aromatic rings. The van der Waals surface area contributed by atoms with Gasteiger partial charge in [0.05, 0.1) is 17.5 Å². The van der Waals surface area contributed by atoms with Gasteiger partial charge in [-0.3, -0.25) is 14.3 Å². The van der Waals surface area contributed by atoms with E-state index in [0.29, 0.717) is 17.1 Å². The number of rotatable bonds is 9. The Morgan fingerprint density at radius 1 is 1.31 bits per heavy atom. The van der Waals surface area contributed by atoms with E-state index in [2.05, 4.69) is 20.8 Å². The number of carbonyl (C=O) groups is 1. The molecular weight excluding hydrogens is 448 g/mol. The van der Waals surface area contributed by atoms with Crippen LogP contribution in [0.4, 0.5) is 10.8 Å². The van der Waals surface area contributed by atoms with Gasteiger partial charge in [-0.2, -0.15) is 0 Å². The molecule has 0 aliphatic carbocycles. The molecule has 0 saturated carbocycles. The summed E-state index contributed by atoms with van der Waals surface area (Å²) in [7, 11) is 1.80. The predicted octanol–water partition coefficient (Wildman–Crippen LogP) is 3.05. The lowest BCUT2D eigenvalue weighted by molar-refractivity contribution is -0.115. The molecule has 1 fully saturated rings. The molecule has 1 amide bonds. The van der Waals surface area contributed by atoms with Crippen LogP contribution < -0.4 is 16.2 Å². The minimum atomic E-state index is -0.247. The Balaban J connectivity index is 1.29. The van der Waals surface area contributed by atoms with Crippen LogP contribution in [0.3, 0.4) is 0 Å². The molecule has 2 N–H and O–H groups in total. The second kappa shape index (κ2) is 10.3. The van der Waals surface area contributed by atoms with Gasteiger partial charge in [0.15, 0.2) is 4.34 Å². The van der Waals surface area contributed by atoms with Crippen molar-refractivity contribution in [1.29, 1.82) is 0 Å². The molecule has 3 heterocycles. The number of anilines is 2. The number of carbonyl (C=O) groups excluding carboxylic acids is 1. The van der Waals surface area contributed by atoms with E-state index in [0.717, 1.165) is 41.2 Å². The van der Waals surface area contributed by atoms with Crippen molar-refractivity contribution in [3.05, 3.63) is 46.4 Å². The van der Waals surface area contributed by atoms with Gasteiger partial charge in [0, 0.05) is 32.4 Å². The van der Waals surface area contributed by atoms with Gasteiger partial charge < -0.3 is 15.4 Å². The van der Waals surface area contributed by atoms with E-state index in [4.69, 9.17) is 4.74 Å². The van der Waals surface area contributed by atoms with Crippen LogP contribution in [0.15, 0.2) is 39.5 Å². The van der Waals surface area contributed by atoms with E-state index in [1.54, 1.807) is 16.4 Å². The topological polar surface area (TPSA) is 103 Å². The summed E-state index contributed by atoms with van der Waals surface area (Å²) < 4.78 is 9.68. The quantitative estimate of drug-likeness (QED) is 0.460. The number of benzene rings is 1. The summed E-state index contributed by atoms with van der Waals surface area (Å²) >= 11 is 2.94. The Morgan fingerprint density at radius 2 is 2.12 bits per heavy atom. The van der Waals surface area contributed by atoms with Crippen molar-refractivity contribution >= 4 is 39.8 Å². The molecule has 1 aromatic carbocycles. The van der Waals surface area contributed by atoms with Gasteiger partial charge in [-0.15, -0.1) is 10.2 Å². The zero-order valence-corrected chi connectivity index (χ0v) is 19.7. The lowest BCUT2D eigenvalue weighted by Crippen LogP contribution is -2.23. The molecule has 0 spiro atoms. The molecule has 1 atom stereocenters. The zero-order valence-electron chi connectivity index (χ0n) is 18.0. The molecule has 1 unspecified atom stereocenters. The standard InChI is InChI=1S/C21H26N6O3S2/c1-14-18(19(29)27(26(14)2)15-7-4-3-5-8-15)23-17(28)10-12-31-21-25-24-20(32-21)22-13-16-9-6-11-30-16/h3-5,7-8,16H,6,9-13H2,1-2H3,(H,22,24)(H,23,28). The average molecular weight is 475 g/mol. The van der Waals surface area contributed by atoms with Crippen molar-refractivity contribution in [2.75, 3.05) is 29.5 Å². The Kier molecular flexibility index (Phi) is 7.28. The molecule has 1 aliphatic rings.